The third kappa shape index (κ3) is 4.35. The van der Waals surface area contributed by atoms with Crippen molar-refractivity contribution in [1.82, 2.24) is 10.2 Å². The van der Waals surface area contributed by atoms with Crippen molar-refractivity contribution in [3.8, 4) is 0 Å². The zero-order valence-corrected chi connectivity index (χ0v) is 14.0. The number of piperidine rings is 1. The SMILES string of the molecule is CCC1CCNC(C(=O)N(C)Cc2ccc(Cl)cc2Cl)C1. The Bertz CT molecular complexity index is 507. The van der Waals surface area contributed by atoms with Gasteiger partial charge in [0.05, 0.1) is 6.04 Å². The highest BCUT2D eigenvalue weighted by Gasteiger charge is 2.28. The summed E-state index contributed by atoms with van der Waals surface area (Å²) in [6.07, 6.45) is 3.22. The number of benzene rings is 1. The largest absolute Gasteiger partial charge is 0.340 e. The molecule has 2 rings (SSSR count). The Morgan fingerprint density at radius 2 is 2.19 bits per heavy atom. The monoisotopic (exact) mass is 328 g/mol. The highest BCUT2D eigenvalue weighted by molar-refractivity contribution is 6.35. The van der Waals surface area contributed by atoms with Gasteiger partial charge in [-0.2, -0.15) is 0 Å². The van der Waals surface area contributed by atoms with E-state index in [-0.39, 0.29) is 11.9 Å². The number of rotatable bonds is 4. The molecule has 0 saturated carbocycles. The van der Waals surface area contributed by atoms with E-state index in [1.807, 2.05) is 13.1 Å². The minimum atomic E-state index is -0.0697. The highest BCUT2D eigenvalue weighted by Crippen LogP contribution is 2.24. The van der Waals surface area contributed by atoms with E-state index in [4.69, 9.17) is 23.2 Å². The molecule has 1 saturated heterocycles. The second kappa shape index (κ2) is 7.48. The molecule has 2 atom stereocenters. The molecule has 1 heterocycles. The minimum absolute atomic E-state index is 0.0697. The average molecular weight is 329 g/mol. The van der Waals surface area contributed by atoms with Crippen molar-refractivity contribution < 1.29 is 4.79 Å². The summed E-state index contributed by atoms with van der Waals surface area (Å²) in [5.74, 6) is 0.784. The van der Waals surface area contributed by atoms with Gasteiger partial charge in [0.2, 0.25) is 5.91 Å². The van der Waals surface area contributed by atoms with Gasteiger partial charge in [-0.15, -0.1) is 0 Å². The minimum Gasteiger partial charge on any atom is -0.340 e. The first-order chi connectivity index (χ1) is 10.0. The number of nitrogens with zero attached hydrogens (tertiary/aromatic N) is 1. The quantitative estimate of drug-likeness (QED) is 0.913. The second-order valence-corrected chi connectivity index (χ2v) is 6.58. The fourth-order valence-corrected chi connectivity index (χ4v) is 3.27. The van der Waals surface area contributed by atoms with Gasteiger partial charge in [0.1, 0.15) is 0 Å². The van der Waals surface area contributed by atoms with Crippen LogP contribution in [0.15, 0.2) is 18.2 Å². The Kier molecular flexibility index (Phi) is 5.91. The molecule has 1 aromatic rings. The van der Waals surface area contributed by atoms with Crippen LogP contribution in [0.2, 0.25) is 10.0 Å². The fraction of sp³-hybridized carbons (Fsp3) is 0.562. The lowest BCUT2D eigenvalue weighted by atomic mass is 9.90. The molecule has 0 spiro atoms. The maximum Gasteiger partial charge on any atom is 0.239 e. The van der Waals surface area contributed by atoms with Crippen LogP contribution >= 0.6 is 23.2 Å². The molecule has 1 aliphatic rings. The zero-order valence-electron chi connectivity index (χ0n) is 12.5. The molecular formula is C16H22Cl2N2O. The maximum atomic E-state index is 12.5. The van der Waals surface area contributed by atoms with Crippen LogP contribution in [0, 0.1) is 5.92 Å². The van der Waals surface area contributed by atoms with Gasteiger partial charge in [-0.1, -0.05) is 42.6 Å². The summed E-state index contributed by atoms with van der Waals surface area (Å²) in [6.45, 7) is 3.61. The Hall–Kier alpha value is -0.770. The normalized spacial score (nSPS) is 22.1. The van der Waals surface area contributed by atoms with Crippen molar-refractivity contribution in [1.29, 1.82) is 0 Å². The van der Waals surface area contributed by atoms with E-state index >= 15 is 0 Å². The van der Waals surface area contributed by atoms with Crippen molar-refractivity contribution in [3.05, 3.63) is 33.8 Å². The summed E-state index contributed by atoms with van der Waals surface area (Å²) in [5, 5.41) is 4.54. The molecule has 2 unspecified atom stereocenters. The molecular weight excluding hydrogens is 307 g/mol. The van der Waals surface area contributed by atoms with Crippen LogP contribution in [-0.2, 0) is 11.3 Å². The molecule has 3 nitrogen and oxygen atoms in total. The first-order valence-corrected chi connectivity index (χ1v) is 8.19. The molecule has 1 N–H and O–H groups in total. The molecule has 0 aromatic heterocycles. The van der Waals surface area contributed by atoms with Crippen molar-refractivity contribution in [3.63, 3.8) is 0 Å². The zero-order chi connectivity index (χ0) is 15.4. The third-order valence-corrected chi connectivity index (χ3v) is 4.77. The van der Waals surface area contributed by atoms with E-state index in [9.17, 15) is 4.79 Å². The van der Waals surface area contributed by atoms with Crippen LogP contribution in [0.1, 0.15) is 31.7 Å². The van der Waals surface area contributed by atoms with E-state index in [1.165, 1.54) is 0 Å². The predicted molar refractivity (Wildman–Crippen MR) is 87.7 cm³/mol. The maximum absolute atomic E-state index is 12.5. The van der Waals surface area contributed by atoms with Gasteiger partial charge >= 0.3 is 0 Å². The molecule has 0 radical (unpaired) electrons. The summed E-state index contributed by atoms with van der Waals surface area (Å²) in [5.41, 5.74) is 0.916. The second-order valence-electron chi connectivity index (χ2n) is 5.74. The van der Waals surface area contributed by atoms with Gasteiger partial charge in [-0.3, -0.25) is 4.79 Å². The molecule has 1 amide bonds. The van der Waals surface area contributed by atoms with Crippen LogP contribution in [0.5, 0.6) is 0 Å². The molecule has 21 heavy (non-hydrogen) atoms. The van der Waals surface area contributed by atoms with Gasteiger partial charge in [-0.25, -0.2) is 0 Å². The number of carbonyl (C=O) groups is 1. The van der Waals surface area contributed by atoms with Crippen LogP contribution in [0.3, 0.4) is 0 Å². The van der Waals surface area contributed by atoms with Gasteiger partial charge < -0.3 is 10.2 Å². The number of nitrogens with one attached hydrogen (secondary N) is 1. The van der Waals surface area contributed by atoms with Crippen LogP contribution in [0.4, 0.5) is 0 Å². The van der Waals surface area contributed by atoms with Gasteiger partial charge in [0.15, 0.2) is 0 Å². The fourth-order valence-electron chi connectivity index (χ4n) is 2.80. The van der Waals surface area contributed by atoms with Gasteiger partial charge in [0, 0.05) is 23.6 Å². The van der Waals surface area contributed by atoms with Crippen molar-refractivity contribution in [2.75, 3.05) is 13.6 Å². The van der Waals surface area contributed by atoms with Crippen LogP contribution in [-0.4, -0.2) is 30.4 Å². The number of carbonyl (C=O) groups excluding carboxylic acids is 1. The third-order valence-electron chi connectivity index (χ3n) is 4.19. The van der Waals surface area contributed by atoms with E-state index in [0.29, 0.717) is 22.5 Å². The lowest BCUT2D eigenvalue weighted by Crippen LogP contribution is -2.49. The van der Waals surface area contributed by atoms with Crippen molar-refractivity contribution in [2.24, 2.45) is 5.92 Å². The summed E-state index contributed by atoms with van der Waals surface area (Å²) >= 11 is 12.1. The van der Waals surface area contributed by atoms with E-state index in [0.717, 1.165) is 31.4 Å². The van der Waals surface area contributed by atoms with Crippen LogP contribution in [0.25, 0.3) is 0 Å². The van der Waals surface area contributed by atoms with E-state index < -0.39 is 0 Å². The lowest BCUT2D eigenvalue weighted by molar-refractivity contribution is -0.133. The molecule has 1 aliphatic heterocycles. The molecule has 0 aliphatic carbocycles. The first-order valence-electron chi connectivity index (χ1n) is 7.43. The number of hydrogen-bond donors (Lipinski definition) is 1. The Morgan fingerprint density at radius 1 is 1.43 bits per heavy atom. The van der Waals surface area contributed by atoms with Crippen molar-refractivity contribution in [2.45, 2.75) is 38.8 Å². The van der Waals surface area contributed by atoms with E-state index in [1.54, 1.807) is 17.0 Å². The summed E-state index contributed by atoms with van der Waals surface area (Å²) in [4.78, 5) is 14.3. The Balaban J connectivity index is 1.99. The van der Waals surface area contributed by atoms with Crippen LogP contribution < -0.4 is 5.32 Å². The van der Waals surface area contributed by atoms with E-state index in [2.05, 4.69) is 12.2 Å². The van der Waals surface area contributed by atoms with Crippen molar-refractivity contribution >= 4 is 29.1 Å². The summed E-state index contributed by atoms with van der Waals surface area (Å²) < 4.78 is 0. The lowest BCUT2D eigenvalue weighted by Gasteiger charge is -2.31. The predicted octanol–water partition coefficient (Wildman–Crippen LogP) is 3.73. The smallest absolute Gasteiger partial charge is 0.239 e. The average Bonchev–Trinajstić information content (AvgIpc) is 2.49. The summed E-state index contributed by atoms with van der Waals surface area (Å²) in [6, 6.07) is 5.31. The molecule has 5 heteroatoms. The Morgan fingerprint density at radius 3 is 2.86 bits per heavy atom. The van der Waals surface area contributed by atoms with Gasteiger partial charge in [0.25, 0.3) is 0 Å². The molecule has 116 valence electrons. The standard InChI is InChI=1S/C16H22Cl2N2O/c1-3-11-6-7-19-15(8-11)16(21)20(2)10-12-4-5-13(17)9-14(12)18/h4-5,9,11,15,19H,3,6-8,10H2,1-2H3. The number of amides is 1. The number of hydrogen-bond acceptors (Lipinski definition) is 2. The first kappa shape index (κ1) is 16.6. The summed E-state index contributed by atoms with van der Waals surface area (Å²) in [7, 11) is 1.82. The number of likely N-dealkylation sites (N-methyl/N-ethyl adjacent to an activating group) is 1. The molecule has 0 bridgehead atoms. The van der Waals surface area contributed by atoms with Gasteiger partial charge in [-0.05, 0) is 43.0 Å². The molecule has 1 fully saturated rings. The molecule has 1 aromatic carbocycles. The topological polar surface area (TPSA) is 32.3 Å². The highest BCUT2D eigenvalue weighted by atomic mass is 35.5. The Labute approximate surface area is 136 Å². The number of halogens is 2.